The quantitative estimate of drug-likeness (QED) is 0.844. The first-order valence-electron chi connectivity index (χ1n) is 6.02. The van der Waals surface area contributed by atoms with Crippen molar-refractivity contribution in [2.45, 2.75) is 19.4 Å². The molecule has 0 aromatic heterocycles. The highest BCUT2D eigenvalue weighted by atomic mass is 19.1. The van der Waals surface area contributed by atoms with Crippen molar-refractivity contribution in [3.8, 4) is 0 Å². The number of nitrogens with zero attached hydrogens (tertiary/aromatic N) is 1. The number of carbonyl (C=O) groups excluding carboxylic acids is 2. The van der Waals surface area contributed by atoms with Crippen LogP contribution in [-0.2, 0) is 9.53 Å². The summed E-state index contributed by atoms with van der Waals surface area (Å²) in [5.74, 6) is -0.491. The lowest BCUT2D eigenvalue weighted by Gasteiger charge is -2.13. The number of carbonyl (C=O) groups is 2. The topological polar surface area (TPSA) is 58.6 Å². The number of amides is 2. The lowest BCUT2D eigenvalue weighted by atomic mass is 10.3. The van der Waals surface area contributed by atoms with Crippen LogP contribution in [-0.4, -0.2) is 36.1 Å². The summed E-state index contributed by atoms with van der Waals surface area (Å²) in [4.78, 5) is 23.9. The van der Waals surface area contributed by atoms with E-state index in [4.69, 9.17) is 4.74 Å². The molecule has 1 fully saturated rings. The van der Waals surface area contributed by atoms with Gasteiger partial charge >= 0.3 is 6.09 Å². The highest BCUT2D eigenvalue weighted by Gasteiger charge is 2.33. The Labute approximate surface area is 110 Å². The second kappa shape index (κ2) is 5.69. The Morgan fingerprint density at radius 1 is 1.63 bits per heavy atom. The molecule has 0 bridgehead atoms. The third-order valence-corrected chi connectivity index (χ3v) is 2.78. The molecule has 19 heavy (non-hydrogen) atoms. The maximum absolute atomic E-state index is 13.4. The van der Waals surface area contributed by atoms with E-state index in [9.17, 15) is 14.0 Å². The standard InChI is InChI=1S/C13H15FN2O3/c1-9(17)15-7-12-8-16(13(18)19-12)11-5-3-2-4-10(14)6-11/h2-3,5-6,12H,4,7-8H2,1H3,(H,15,17). The number of halogens is 1. The van der Waals surface area contributed by atoms with Gasteiger partial charge in [-0.2, -0.15) is 0 Å². The molecule has 0 spiro atoms. The van der Waals surface area contributed by atoms with Crippen molar-refractivity contribution in [2.24, 2.45) is 0 Å². The summed E-state index contributed by atoms with van der Waals surface area (Å²) in [6, 6.07) is 0. The molecule has 1 N–H and O–H groups in total. The van der Waals surface area contributed by atoms with Gasteiger partial charge in [0.25, 0.3) is 0 Å². The average molecular weight is 266 g/mol. The fourth-order valence-electron chi connectivity index (χ4n) is 1.88. The largest absolute Gasteiger partial charge is 0.442 e. The number of ether oxygens (including phenoxy) is 1. The first-order chi connectivity index (χ1) is 9.06. The van der Waals surface area contributed by atoms with Gasteiger partial charge in [0.15, 0.2) is 0 Å². The first kappa shape index (κ1) is 13.3. The van der Waals surface area contributed by atoms with Crippen molar-refractivity contribution < 1.29 is 18.7 Å². The van der Waals surface area contributed by atoms with Crippen LogP contribution in [0, 0.1) is 0 Å². The number of nitrogens with one attached hydrogen (secondary N) is 1. The molecule has 0 saturated carbocycles. The van der Waals surface area contributed by atoms with Gasteiger partial charge < -0.3 is 10.1 Å². The summed E-state index contributed by atoms with van der Waals surface area (Å²) < 4.78 is 18.5. The Balaban J connectivity index is 2.03. The number of hydrogen-bond donors (Lipinski definition) is 1. The lowest BCUT2D eigenvalue weighted by Crippen LogP contribution is -2.33. The van der Waals surface area contributed by atoms with E-state index in [1.165, 1.54) is 17.9 Å². The van der Waals surface area contributed by atoms with Crippen LogP contribution in [0.3, 0.4) is 0 Å². The summed E-state index contributed by atoms with van der Waals surface area (Å²) in [6.07, 6.45) is 5.64. The van der Waals surface area contributed by atoms with E-state index in [0.29, 0.717) is 12.2 Å². The molecule has 6 heteroatoms. The smallest absolute Gasteiger partial charge is 0.414 e. The van der Waals surface area contributed by atoms with Gasteiger partial charge in [0.1, 0.15) is 11.9 Å². The Morgan fingerprint density at radius 3 is 3.16 bits per heavy atom. The molecule has 1 heterocycles. The van der Waals surface area contributed by atoms with Crippen molar-refractivity contribution in [2.75, 3.05) is 13.1 Å². The van der Waals surface area contributed by atoms with Gasteiger partial charge in [-0.05, 0) is 12.2 Å². The number of cyclic esters (lactones) is 1. The predicted octanol–water partition coefficient (Wildman–Crippen LogP) is 1.64. The SMILES string of the molecule is CC(=O)NCC1CN(C2=CC=CCC(F)=C2)C(=O)O1. The molecule has 0 radical (unpaired) electrons. The summed E-state index contributed by atoms with van der Waals surface area (Å²) in [7, 11) is 0. The van der Waals surface area contributed by atoms with Crippen LogP contribution in [0.5, 0.6) is 0 Å². The van der Waals surface area contributed by atoms with Gasteiger partial charge in [0, 0.05) is 19.0 Å². The van der Waals surface area contributed by atoms with Crippen molar-refractivity contribution in [3.63, 3.8) is 0 Å². The lowest BCUT2D eigenvalue weighted by molar-refractivity contribution is -0.119. The molecule has 102 valence electrons. The van der Waals surface area contributed by atoms with E-state index in [-0.39, 0.29) is 24.7 Å². The zero-order chi connectivity index (χ0) is 13.8. The summed E-state index contributed by atoms with van der Waals surface area (Å²) in [6.45, 7) is 1.95. The van der Waals surface area contributed by atoms with Gasteiger partial charge in [0.2, 0.25) is 5.91 Å². The van der Waals surface area contributed by atoms with Crippen LogP contribution in [0.25, 0.3) is 0 Å². The second-order valence-corrected chi connectivity index (χ2v) is 4.37. The molecule has 5 nitrogen and oxygen atoms in total. The molecule has 1 aliphatic carbocycles. The minimum absolute atomic E-state index is 0.183. The van der Waals surface area contributed by atoms with E-state index in [1.54, 1.807) is 18.2 Å². The van der Waals surface area contributed by atoms with Crippen molar-refractivity contribution in [1.82, 2.24) is 10.2 Å². The van der Waals surface area contributed by atoms with Crippen LogP contribution < -0.4 is 5.32 Å². The maximum Gasteiger partial charge on any atom is 0.414 e. The van der Waals surface area contributed by atoms with Gasteiger partial charge in [0.05, 0.1) is 13.1 Å². The van der Waals surface area contributed by atoms with E-state index in [2.05, 4.69) is 5.32 Å². The monoisotopic (exact) mass is 266 g/mol. The van der Waals surface area contributed by atoms with Crippen LogP contribution in [0.2, 0.25) is 0 Å². The Bertz CT molecular complexity index is 482. The first-order valence-corrected chi connectivity index (χ1v) is 6.02. The fraction of sp³-hybridized carbons (Fsp3) is 0.385. The molecule has 2 amide bonds. The number of hydrogen-bond acceptors (Lipinski definition) is 3. The summed E-state index contributed by atoms with van der Waals surface area (Å²) >= 11 is 0. The zero-order valence-electron chi connectivity index (χ0n) is 10.6. The van der Waals surface area contributed by atoms with E-state index in [0.717, 1.165) is 0 Å². The highest BCUT2D eigenvalue weighted by Crippen LogP contribution is 2.22. The molecule has 1 saturated heterocycles. The van der Waals surface area contributed by atoms with Crippen LogP contribution in [0.15, 0.2) is 35.8 Å². The number of rotatable bonds is 3. The minimum Gasteiger partial charge on any atom is -0.442 e. The Morgan fingerprint density at radius 2 is 2.42 bits per heavy atom. The molecule has 1 unspecified atom stereocenters. The molecule has 0 aromatic carbocycles. The van der Waals surface area contributed by atoms with Crippen LogP contribution in [0.1, 0.15) is 13.3 Å². The molecule has 1 atom stereocenters. The Hall–Kier alpha value is -2.11. The van der Waals surface area contributed by atoms with Crippen molar-refractivity contribution in [3.05, 3.63) is 35.8 Å². The molecular formula is C13H15FN2O3. The summed E-state index contributed by atoms with van der Waals surface area (Å²) in [5, 5.41) is 2.59. The van der Waals surface area contributed by atoms with Gasteiger partial charge in [-0.25, -0.2) is 9.18 Å². The van der Waals surface area contributed by atoms with Crippen LogP contribution >= 0.6 is 0 Å². The molecular weight excluding hydrogens is 251 g/mol. The molecule has 0 aromatic rings. The van der Waals surface area contributed by atoms with Gasteiger partial charge in [-0.15, -0.1) is 0 Å². The van der Waals surface area contributed by atoms with Gasteiger partial charge in [-0.3, -0.25) is 9.69 Å². The van der Waals surface area contributed by atoms with E-state index < -0.39 is 12.2 Å². The second-order valence-electron chi connectivity index (χ2n) is 4.37. The maximum atomic E-state index is 13.4. The minimum atomic E-state index is -0.527. The molecule has 1 aliphatic heterocycles. The highest BCUT2D eigenvalue weighted by molar-refractivity contribution is 5.74. The number of allylic oxidation sites excluding steroid dienone is 5. The Kier molecular flexibility index (Phi) is 3.99. The van der Waals surface area contributed by atoms with E-state index in [1.807, 2.05) is 0 Å². The summed E-state index contributed by atoms with van der Waals surface area (Å²) in [5.41, 5.74) is 0.460. The average Bonchev–Trinajstić information content (AvgIpc) is 2.58. The normalized spacial score (nSPS) is 22.5. The van der Waals surface area contributed by atoms with Crippen molar-refractivity contribution >= 4 is 12.0 Å². The van der Waals surface area contributed by atoms with E-state index >= 15 is 0 Å². The van der Waals surface area contributed by atoms with Gasteiger partial charge in [-0.1, -0.05) is 12.2 Å². The van der Waals surface area contributed by atoms with Crippen LogP contribution in [0.4, 0.5) is 9.18 Å². The third kappa shape index (κ3) is 3.43. The predicted molar refractivity (Wildman–Crippen MR) is 66.7 cm³/mol. The molecule has 2 rings (SSSR count). The molecule has 2 aliphatic rings. The zero-order valence-corrected chi connectivity index (χ0v) is 10.6. The third-order valence-electron chi connectivity index (χ3n) is 2.78. The van der Waals surface area contributed by atoms with Crippen molar-refractivity contribution in [1.29, 1.82) is 0 Å². The fourth-order valence-corrected chi connectivity index (χ4v) is 1.88.